The lowest BCUT2D eigenvalue weighted by Gasteiger charge is -2.22. The topological polar surface area (TPSA) is 49.8 Å². The Morgan fingerprint density at radius 1 is 1.50 bits per heavy atom. The highest BCUT2D eigenvalue weighted by molar-refractivity contribution is 5.74. The van der Waals surface area contributed by atoms with E-state index in [4.69, 9.17) is 4.74 Å². The van der Waals surface area contributed by atoms with Crippen molar-refractivity contribution in [3.05, 3.63) is 29.8 Å². The number of benzene rings is 1. The molecule has 110 valence electrons. The van der Waals surface area contributed by atoms with E-state index < -0.39 is 5.97 Å². The van der Waals surface area contributed by atoms with Crippen molar-refractivity contribution in [2.75, 3.05) is 19.7 Å². The zero-order valence-electron chi connectivity index (χ0n) is 12.2. The highest BCUT2D eigenvalue weighted by Crippen LogP contribution is 2.24. The van der Waals surface area contributed by atoms with Crippen LogP contribution in [0.5, 0.6) is 5.75 Å². The molecule has 4 nitrogen and oxygen atoms in total. The summed E-state index contributed by atoms with van der Waals surface area (Å²) in [6.45, 7) is 6.34. The van der Waals surface area contributed by atoms with Gasteiger partial charge in [-0.3, -0.25) is 9.69 Å². The van der Waals surface area contributed by atoms with E-state index in [0.717, 1.165) is 31.7 Å². The SMILES string of the molecule is Cc1cccc(OCCCN2CCC(C)C2C(=O)O)c1. The molecule has 0 aromatic heterocycles. The van der Waals surface area contributed by atoms with Gasteiger partial charge in [0.05, 0.1) is 6.61 Å². The number of carboxylic acids is 1. The molecule has 1 heterocycles. The van der Waals surface area contributed by atoms with Gasteiger partial charge in [-0.2, -0.15) is 0 Å². The van der Waals surface area contributed by atoms with Crippen LogP contribution < -0.4 is 4.74 Å². The minimum atomic E-state index is -0.699. The van der Waals surface area contributed by atoms with Gasteiger partial charge in [0.25, 0.3) is 0 Å². The average Bonchev–Trinajstić information content (AvgIpc) is 2.76. The Bertz CT molecular complexity index is 461. The molecule has 1 fully saturated rings. The maximum atomic E-state index is 11.2. The minimum Gasteiger partial charge on any atom is -0.494 e. The van der Waals surface area contributed by atoms with Gasteiger partial charge >= 0.3 is 5.97 Å². The molecule has 2 unspecified atom stereocenters. The molecule has 1 N–H and O–H groups in total. The predicted molar refractivity (Wildman–Crippen MR) is 78.1 cm³/mol. The summed E-state index contributed by atoms with van der Waals surface area (Å²) < 4.78 is 5.70. The number of ether oxygens (including phenoxy) is 1. The summed E-state index contributed by atoms with van der Waals surface area (Å²) >= 11 is 0. The van der Waals surface area contributed by atoms with Crippen LogP contribution >= 0.6 is 0 Å². The molecule has 4 heteroatoms. The summed E-state index contributed by atoms with van der Waals surface area (Å²) in [6, 6.07) is 7.65. The lowest BCUT2D eigenvalue weighted by atomic mass is 10.0. The maximum Gasteiger partial charge on any atom is 0.321 e. The van der Waals surface area contributed by atoms with E-state index in [1.54, 1.807) is 0 Å². The standard InChI is InChI=1S/C16H23NO3/c1-12-5-3-6-14(11-12)20-10-4-8-17-9-7-13(2)15(17)16(18)19/h3,5-6,11,13,15H,4,7-10H2,1-2H3,(H,18,19). The van der Waals surface area contributed by atoms with Crippen molar-refractivity contribution in [1.29, 1.82) is 0 Å². The molecule has 0 saturated carbocycles. The van der Waals surface area contributed by atoms with Gasteiger partial charge in [-0.25, -0.2) is 0 Å². The summed E-state index contributed by atoms with van der Waals surface area (Å²) in [5.41, 5.74) is 1.18. The van der Waals surface area contributed by atoms with E-state index in [1.807, 2.05) is 38.1 Å². The third-order valence-corrected chi connectivity index (χ3v) is 3.90. The van der Waals surface area contributed by atoms with Crippen molar-refractivity contribution in [3.8, 4) is 5.75 Å². The van der Waals surface area contributed by atoms with E-state index >= 15 is 0 Å². The third-order valence-electron chi connectivity index (χ3n) is 3.90. The van der Waals surface area contributed by atoms with Crippen molar-refractivity contribution >= 4 is 5.97 Å². The van der Waals surface area contributed by atoms with Gasteiger partial charge in [-0.1, -0.05) is 19.1 Å². The molecule has 1 saturated heterocycles. The van der Waals surface area contributed by atoms with E-state index in [-0.39, 0.29) is 12.0 Å². The first kappa shape index (κ1) is 14.9. The Morgan fingerprint density at radius 3 is 3.00 bits per heavy atom. The molecule has 1 aromatic rings. The number of aryl methyl sites for hydroxylation is 1. The minimum absolute atomic E-state index is 0.241. The molecular formula is C16H23NO3. The largest absolute Gasteiger partial charge is 0.494 e. The van der Waals surface area contributed by atoms with Gasteiger partial charge in [-0.15, -0.1) is 0 Å². The molecule has 0 aliphatic carbocycles. The quantitative estimate of drug-likeness (QED) is 0.812. The van der Waals surface area contributed by atoms with Crippen LogP contribution in [-0.2, 0) is 4.79 Å². The van der Waals surface area contributed by atoms with Crippen molar-refractivity contribution in [2.45, 2.75) is 32.7 Å². The van der Waals surface area contributed by atoms with Crippen LogP contribution in [-0.4, -0.2) is 41.7 Å². The maximum absolute atomic E-state index is 11.2. The van der Waals surface area contributed by atoms with Crippen LogP contribution in [0.1, 0.15) is 25.3 Å². The second-order valence-corrected chi connectivity index (χ2v) is 5.60. The summed E-state index contributed by atoms with van der Waals surface area (Å²) in [5.74, 6) is 0.425. The van der Waals surface area contributed by atoms with E-state index in [0.29, 0.717) is 6.61 Å². The highest BCUT2D eigenvalue weighted by atomic mass is 16.5. The van der Waals surface area contributed by atoms with Gasteiger partial charge in [0.2, 0.25) is 0 Å². The van der Waals surface area contributed by atoms with E-state index in [2.05, 4.69) is 4.90 Å². The van der Waals surface area contributed by atoms with Crippen LogP contribution in [0.2, 0.25) is 0 Å². The Hall–Kier alpha value is -1.55. The number of hydrogen-bond acceptors (Lipinski definition) is 3. The number of hydrogen-bond donors (Lipinski definition) is 1. The summed E-state index contributed by atoms with van der Waals surface area (Å²) in [5, 5.41) is 9.25. The molecule has 0 bridgehead atoms. The van der Waals surface area contributed by atoms with Crippen LogP contribution in [0, 0.1) is 12.8 Å². The summed E-state index contributed by atoms with van der Waals surface area (Å²) in [7, 11) is 0. The van der Waals surface area contributed by atoms with Crippen molar-refractivity contribution in [2.24, 2.45) is 5.92 Å². The van der Waals surface area contributed by atoms with Crippen molar-refractivity contribution < 1.29 is 14.6 Å². The number of carbonyl (C=O) groups is 1. The number of carboxylic acid groups (broad SMARTS) is 1. The Labute approximate surface area is 120 Å². The fourth-order valence-corrected chi connectivity index (χ4v) is 2.84. The fraction of sp³-hybridized carbons (Fsp3) is 0.562. The van der Waals surface area contributed by atoms with Gasteiger partial charge < -0.3 is 9.84 Å². The molecule has 2 atom stereocenters. The number of likely N-dealkylation sites (tertiary alicyclic amines) is 1. The zero-order chi connectivity index (χ0) is 14.5. The zero-order valence-corrected chi connectivity index (χ0v) is 12.2. The lowest BCUT2D eigenvalue weighted by molar-refractivity contribution is -0.143. The molecule has 1 aliphatic heterocycles. The molecular weight excluding hydrogens is 254 g/mol. The predicted octanol–water partition coefficient (Wildman–Crippen LogP) is 2.56. The first-order valence-corrected chi connectivity index (χ1v) is 7.24. The monoisotopic (exact) mass is 277 g/mol. The van der Waals surface area contributed by atoms with Gasteiger partial charge in [-0.05, 0) is 49.9 Å². The third kappa shape index (κ3) is 3.73. The van der Waals surface area contributed by atoms with Crippen LogP contribution in [0.15, 0.2) is 24.3 Å². The van der Waals surface area contributed by atoms with Gasteiger partial charge in [0.15, 0.2) is 0 Å². The Balaban J connectivity index is 1.74. The number of aliphatic carboxylic acids is 1. The number of rotatable bonds is 6. The Kier molecular flexibility index (Phi) is 5.01. The van der Waals surface area contributed by atoms with Crippen molar-refractivity contribution in [3.63, 3.8) is 0 Å². The van der Waals surface area contributed by atoms with Crippen LogP contribution in [0.25, 0.3) is 0 Å². The van der Waals surface area contributed by atoms with E-state index in [1.165, 1.54) is 5.56 Å². The average molecular weight is 277 g/mol. The summed E-state index contributed by atoms with van der Waals surface area (Å²) in [6.07, 6.45) is 1.82. The first-order chi connectivity index (χ1) is 9.58. The smallest absolute Gasteiger partial charge is 0.321 e. The second kappa shape index (κ2) is 6.75. The summed E-state index contributed by atoms with van der Waals surface area (Å²) in [4.78, 5) is 13.3. The first-order valence-electron chi connectivity index (χ1n) is 7.24. The van der Waals surface area contributed by atoms with Gasteiger partial charge in [0.1, 0.15) is 11.8 Å². The molecule has 1 aromatic carbocycles. The molecule has 2 rings (SSSR count). The Morgan fingerprint density at radius 2 is 2.30 bits per heavy atom. The molecule has 1 aliphatic rings. The highest BCUT2D eigenvalue weighted by Gasteiger charge is 2.35. The van der Waals surface area contributed by atoms with Crippen LogP contribution in [0.4, 0.5) is 0 Å². The fourth-order valence-electron chi connectivity index (χ4n) is 2.84. The van der Waals surface area contributed by atoms with E-state index in [9.17, 15) is 9.90 Å². The molecule has 20 heavy (non-hydrogen) atoms. The second-order valence-electron chi connectivity index (χ2n) is 5.60. The number of nitrogens with zero attached hydrogens (tertiary/aromatic N) is 1. The van der Waals surface area contributed by atoms with Crippen LogP contribution in [0.3, 0.4) is 0 Å². The normalized spacial score (nSPS) is 22.9. The lowest BCUT2D eigenvalue weighted by Crippen LogP contribution is -2.39. The molecule has 0 radical (unpaired) electrons. The molecule has 0 amide bonds. The molecule has 0 spiro atoms. The van der Waals surface area contributed by atoms with Crippen molar-refractivity contribution in [1.82, 2.24) is 4.90 Å². The van der Waals surface area contributed by atoms with Gasteiger partial charge in [0, 0.05) is 6.54 Å².